The van der Waals surface area contributed by atoms with Gasteiger partial charge in [0.15, 0.2) is 11.8 Å². The minimum atomic E-state index is -0.402. The highest BCUT2D eigenvalue weighted by molar-refractivity contribution is 6.30. The number of benzene rings is 2. The summed E-state index contributed by atoms with van der Waals surface area (Å²) in [6.45, 7) is 6.72. The lowest BCUT2D eigenvalue weighted by molar-refractivity contribution is 0.118. The molecule has 8 heteroatoms. The smallest absolute Gasteiger partial charge is 0.193 e. The zero-order valence-corrected chi connectivity index (χ0v) is 23.6. The van der Waals surface area contributed by atoms with Crippen LogP contribution in [0.4, 0.5) is 4.39 Å². The second-order valence-electron chi connectivity index (χ2n) is 10.7. The van der Waals surface area contributed by atoms with Gasteiger partial charge in [-0.2, -0.15) is 0 Å². The number of aromatic hydroxyl groups is 2. The van der Waals surface area contributed by atoms with E-state index >= 15 is 0 Å². The first kappa shape index (κ1) is 29.2. The second kappa shape index (κ2) is 13.6. The Hall–Kier alpha value is -2.74. The minimum absolute atomic E-state index is 0.00166. The number of hydrogen-bond acceptors (Lipinski definition) is 5. The number of rotatable bonds is 12. The fraction of sp³-hybridized carbons (Fsp3) is 0.484. The van der Waals surface area contributed by atoms with Gasteiger partial charge in [-0.05, 0) is 85.8 Å². The van der Waals surface area contributed by atoms with Crippen LogP contribution in [0, 0.1) is 17.7 Å². The molecule has 2 aromatic carbocycles. The Morgan fingerprint density at radius 2 is 1.72 bits per heavy atom. The molecule has 0 aliphatic heterocycles. The number of hydrogen-bond donors (Lipinski definition) is 3. The van der Waals surface area contributed by atoms with E-state index in [0.717, 1.165) is 61.1 Å². The van der Waals surface area contributed by atoms with Gasteiger partial charge in [-0.25, -0.2) is 4.39 Å². The molecule has 4 rings (SSSR count). The largest absolute Gasteiger partial charge is 0.494 e. The van der Waals surface area contributed by atoms with Gasteiger partial charge in [-0.15, -0.1) is 0 Å². The quantitative estimate of drug-likeness (QED) is 0.231. The molecular weight excluding hydrogens is 519 g/mol. The Bertz CT molecular complexity index is 1210. The maximum absolute atomic E-state index is 14.3. The summed E-state index contributed by atoms with van der Waals surface area (Å²) in [4.78, 5) is 2.42. The number of halogens is 2. The van der Waals surface area contributed by atoms with Gasteiger partial charge in [0.25, 0.3) is 0 Å². The van der Waals surface area contributed by atoms with Gasteiger partial charge in [-0.3, -0.25) is 9.47 Å². The van der Waals surface area contributed by atoms with Crippen LogP contribution >= 0.6 is 11.6 Å². The molecule has 1 atom stereocenters. The highest BCUT2D eigenvalue weighted by Gasteiger charge is 2.26. The van der Waals surface area contributed by atoms with E-state index in [2.05, 4.69) is 30.9 Å². The van der Waals surface area contributed by atoms with Gasteiger partial charge in [-0.1, -0.05) is 36.7 Å². The lowest BCUT2D eigenvalue weighted by Crippen LogP contribution is -2.34. The Labute approximate surface area is 235 Å². The third-order valence-corrected chi connectivity index (χ3v) is 8.40. The number of aromatic nitrogens is 1. The van der Waals surface area contributed by atoms with Crippen LogP contribution in [0.1, 0.15) is 62.3 Å². The van der Waals surface area contributed by atoms with Gasteiger partial charge < -0.3 is 20.1 Å². The number of aliphatic hydroxyl groups excluding tert-OH is 1. The highest BCUT2D eigenvalue weighted by atomic mass is 35.5. The molecule has 212 valence electrons. The van der Waals surface area contributed by atoms with E-state index < -0.39 is 5.82 Å². The minimum Gasteiger partial charge on any atom is -0.494 e. The average Bonchev–Trinajstić information content (AvgIpc) is 3.27. The van der Waals surface area contributed by atoms with E-state index in [4.69, 9.17) is 16.3 Å². The molecular formula is C31H40ClFN2O4. The summed E-state index contributed by atoms with van der Waals surface area (Å²) >= 11 is 5.96. The molecule has 6 nitrogen and oxygen atoms in total. The molecule has 1 aliphatic rings. The van der Waals surface area contributed by atoms with E-state index in [1.54, 1.807) is 6.07 Å². The zero-order chi connectivity index (χ0) is 27.9. The summed E-state index contributed by atoms with van der Waals surface area (Å²) in [5.41, 5.74) is 3.14. The van der Waals surface area contributed by atoms with Crippen LogP contribution in [0.3, 0.4) is 0 Å². The molecule has 1 heterocycles. The maximum atomic E-state index is 14.3. The third-order valence-electron chi connectivity index (χ3n) is 8.09. The summed E-state index contributed by atoms with van der Waals surface area (Å²) in [6, 6.07) is 14.2. The molecule has 1 aliphatic carbocycles. The zero-order valence-electron chi connectivity index (χ0n) is 22.8. The summed E-state index contributed by atoms with van der Waals surface area (Å²) in [6.07, 6.45) is 5.06. The first-order chi connectivity index (χ1) is 18.8. The SMILES string of the molecule is CCc1cc(CN(CC2CCC(CO)CC2)C(C)c2ccc(Cl)c(F)c2)ccc1OCCn1c(O)ccc1O. The Balaban J connectivity index is 1.48. The maximum Gasteiger partial charge on any atom is 0.193 e. The predicted molar refractivity (Wildman–Crippen MR) is 152 cm³/mol. The molecule has 1 saturated carbocycles. The number of aryl methyl sites for hydroxylation is 1. The third kappa shape index (κ3) is 7.47. The van der Waals surface area contributed by atoms with Crippen molar-refractivity contribution in [3.8, 4) is 17.5 Å². The van der Waals surface area contributed by atoms with Crippen molar-refractivity contribution in [2.75, 3.05) is 19.8 Å². The number of ether oxygens (including phenoxy) is 1. The number of nitrogens with zero attached hydrogens (tertiary/aromatic N) is 2. The van der Waals surface area contributed by atoms with Crippen molar-refractivity contribution < 1.29 is 24.4 Å². The fourth-order valence-corrected chi connectivity index (χ4v) is 5.69. The lowest BCUT2D eigenvalue weighted by atomic mass is 9.82. The van der Waals surface area contributed by atoms with Gasteiger partial charge in [0, 0.05) is 37.9 Å². The molecule has 0 spiro atoms. The van der Waals surface area contributed by atoms with Gasteiger partial charge in [0.1, 0.15) is 18.2 Å². The normalized spacial score (nSPS) is 18.4. The molecule has 0 saturated heterocycles. The van der Waals surface area contributed by atoms with Gasteiger partial charge in [0.05, 0.1) is 11.6 Å². The van der Waals surface area contributed by atoms with Crippen LogP contribution in [0.2, 0.25) is 5.02 Å². The van der Waals surface area contributed by atoms with Crippen LogP contribution in [-0.2, 0) is 19.5 Å². The van der Waals surface area contributed by atoms with Crippen LogP contribution in [-0.4, -0.2) is 44.5 Å². The van der Waals surface area contributed by atoms with Crippen molar-refractivity contribution in [1.29, 1.82) is 0 Å². The van der Waals surface area contributed by atoms with E-state index in [1.165, 1.54) is 22.8 Å². The van der Waals surface area contributed by atoms with Crippen LogP contribution in [0.15, 0.2) is 48.5 Å². The lowest BCUT2D eigenvalue weighted by Gasteiger charge is -2.36. The highest BCUT2D eigenvalue weighted by Crippen LogP contribution is 2.33. The fourth-order valence-electron chi connectivity index (χ4n) is 5.58. The van der Waals surface area contributed by atoms with Crippen molar-refractivity contribution in [1.82, 2.24) is 9.47 Å². The molecule has 39 heavy (non-hydrogen) atoms. The van der Waals surface area contributed by atoms with Crippen LogP contribution in [0.5, 0.6) is 17.5 Å². The molecule has 0 bridgehead atoms. The Morgan fingerprint density at radius 1 is 1.03 bits per heavy atom. The van der Waals surface area contributed by atoms with Gasteiger partial charge >= 0.3 is 0 Å². The molecule has 3 aromatic rings. The Kier molecular flexibility index (Phi) is 10.2. The average molecular weight is 559 g/mol. The Morgan fingerprint density at radius 3 is 2.36 bits per heavy atom. The summed E-state index contributed by atoms with van der Waals surface area (Å²) in [7, 11) is 0. The first-order valence-corrected chi connectivity index (χ1v) is 14.3. The van der Waals surface area contributed by atoms with Gasteiger partial charge in [0.2, 0.25) is 0 Å². The molecule has 3 N–H and O–H groups in total. The van der Waals surface area contributed by atoms with Crippen molar-refractivity contribution in [3.63, 3.8) is 0 Å². The molecule has 0 radical (unpaired) electrons. The first-order valence-electron chi connectivity index (χ1n) is 13.9. The van der Waals surface area contributed by atoms with E-state index in [1.807, 2.05) is 12.1 Å². The second-order valence-corrected chi connectivity index (χ2v) is 11.1. The van der Waals surface area contributed by atoms with Crippen LogP contribution < -0.4 is 4.74 Å². The molecule has 1 unspecified atom stereocenters. The van der Waals surface area contributed by atoms with Crippen molar-refractivity contribution in [3.05, 3.63) is 76.1 Å². The topological polar surface area (TPSA) is 78.1 Å². The monoisotopic (exact) mass is 558 g/mol. The van der Waals surface area contributed by atoms with Crippen LogP contribution in [0.25, 0.3) is 0 Å². The molecule has 1 fully saturated rings. The van der Waals surface area contributed by atoms with E-state index in [9.17, 15) is 19.7 Å². The van der Waals surface area contributed by atoms with Crippen molar-refractivity contribution >= 4 is 11.6 Å². The number of aliphatic hydroxyl groups is 1. The van der Waals surface area contributed by atoms with E-state index in [0.29, 0.717) is 31.5 Å². The predicted octanol–water partition coefficient (Wildman–Crippen LogP) is 6.70. The van der Waals surface area contributed by atoms with Crippen molar-refractivity contribution in [2.45, 2.75) is 65.1 Å². The van der Waals surface area contributed by atoms with Crippen molar-refractivity contribution in [2.24, 2.45) is 11.8 Å². The summed E-state index contributed by atoms with van der Waals surface area (Å²) < 4.78 is 21.8. The summed E-state index contributed by atoms with van der Waals surface area (Å²) in [5.74, 6) is 1.32. The standard InChI is InChI=1S/C31H40ClFN2O4/c1-3-25-16-24(8-11-29(25)39-15-14-35-30(37)12-13-31(35)38)19-34(18-22-4-6-23(20-36)7-5-22)21(2)26-9-10-27(32)28(33)17-26/h8-13,16-17,21-23,36-38H,3-7,14-15,18-20H2,1-2H3. The summed E-state index contributed by atoms with van der Waals surface area (Å²) in [5, 5.41) is 29.4. The molecule has 1 aromatic heterocycles. The van der Waals surface area contributed by atoms with E-state index in [-0.39, 0.29) is 29.4 Å². The molecule has 0 amide bonds.